The van der Waals surface area contributed by atoms with Crippen molar-refractivity contribution in [3.8, 4) is 0 Å². The van der Waals surface area contributed by atoms with E-state index in [1.807, 2.05) is 18.2 Å². The van der Waals surface area contributed by atoms with Crippen molar-refractivity contribution in [3.05, 3.63) is 76.4 Å². The summed E-state index contributed by atoms with van der Waals surface area (Å²) in [5.41, 5.74) is 3.13. The summed E-state index contributed by atoms with van der Waals surface area (Å²) < 4.78 is 27.8. The number of fused-ring (bicyclic) bond motifs is 1. The van der Waals surface area contributed by atoms with E-state index in [0.717, 1.165) is 30.8 Å². The van der Waals surface area contributed by atoms with E-state index in [9.17, 15) is 8.42 Å². The van der Waals surface area contributed by atoms with Gasteiger partial charge in [-0.2, -0.15) is 5.10 Å². The minimum atomic E-state index is -3.70. The number of nitrogens with zero attached hydrogens (tertiary/aromatic N) is 2. The van der Waals surface area contributed by atoms with Crippen LogP contribution in [0.1, 0.15) is 16.8 Å². The molecular weight excluding hydrogens is 384 g/mol. The van der Waals surface area contributed by atoms with E-state index in [4.69, 9.17) is 11.6 Å². The lowest BCUT2D eigenvalue weighted by Crippen LogP contribution is -2.30. The van der Waals surface area contributed by atoms with Gasteiger partial charge in [0.1, 0.15) is 0 Å². The van der Waals surface area contributed by atoms with Crippen molar-refractivity contribution in [1.82, 2.24) is 15.1 Å². The molecule has 8 heteroatoms. The van der Waals surface area contributed by atoms with Crippen LogP contribution < -0.4 is 4.72 Å². The molecule has 0 radical (unpaired) electrons. The van der Waals surface area contributed by atoms with Gasteiger partial charge < -0.3 is 0 Å². The van der Waals surface area contributed by atoms with Crippen molar-refractivity contribution in [2.75, 3.05) is 11.3 Å². The Bertz CT molecular complexity index is 1030. The number of aromatic amines is 1. The molecule has 0 saturated heterocycles. The highest BCUT2D eigenvalue weighted by Gasteiger charge is 2.25. The predicted octanol–water partition coefficient (Wildman–Crippen LogP) is 3.42. The van der Waals surface area contributed by atoms with Crippen LogP contribution in [0.3, 0.4) is 0 Å². The number of hydrogen-bond donors (Lipinski definition) is 2. The quantitative estimate of drug-likeness (QED) is 0.685. The Balaban J connectivity index is 1.49. The maximum absolute atomic E-state index is 12.6. The highest BCUT2D eigenvalue weighted by Crippen LogP contribution is 2.26. The topological polar surface area (TPSA) is 78.1 Å². The molecule has 0 atom stereocenters. The van der Waals surface area contributed by atoms with Gasteiger partial charge in [0.2, 0.25) is 0 Å². The van der Waals surface area contributed by atoms with Gasteiger partial charge in [0, 0.05) is 30.2 Å². The average Bonchev–Trinajstić information content (AvgIpc) is 3.04. The van der Waals surface area contributed by atoms with Crippen molar-refractivity contribution in [1.29, 1.82) is 0 Å². The minimum absolute atomic E-state index is 0.158. The molecule has 3 aromatic rings. The fourth-order valence-electron chi connectivity index (χ4n) is 3.23. The molecule has 140 valence electrons. The van der Waals surface area contributed by atoms with Gasteiger partial charge in [-0.25, -0.2) is 8.42 Å². The van der Waals surface area contributed by atoms with Crippen molar-refractivity contribution < 1.29 is 8.42 Å². The molecule has 2 N–H and O–H groups in total. The van der Waals surface area contributed by atoms with Gasteiger partial charge in [-0.3, -0.25) is 14.7 Å². The number of aromatic nitrogens is 2. The van der Waals surface area contributed by atoms with Gasteiger partial charge in [-0.1, -0.05) is 41.9 Å². The Morgan fingerprint density at radius 2 is 1.85 bits per heavy atom. The number of rotatable bonds is 5. The molecule has 2 heterocycles. The molecule has 1 aromatic heterocycles. The molecule has 4 rings (SSSR count). The predicted molar refractivity (Wildman–Crippen MR) is 105 cm³/mol. The second-order valence-electron chi connectivity index (χ2n) is 6.53. The van der Waals surface area contributed by atoms with Crippen LogP contribution in [0.2, 0.25) is 5.02 Å². The van der Waals surface area contributed by atoms with E-state index in [2.05, 4.69) is 32.0 Å². The molecule has 6 nitrogen and oxygen atoms in total. The molecule has 0 spiro atoms. The summed E-state index contributed by atoms with van der Waals surface area (Å²) in [6, 6.07) is 16.3. The summed E-state index contributed by atoms with van der Waals surface area (Å²) in [6.45, 7) is 2.40. The first-order valence-electron chi connectivity index (χ1n) is 8.62. The summed E-state index contributed by atoms with van der Waals surface area (Å²) in [5.74, 6) is 0.374. The van der Waals surface area contributed by atoms with Gasteiger partial charge in [0.05, 0.1) is 10.6 Å². The third-order valence-corrected chi connectivity index (χ3v) is 6.22. The van der Waals surface area contributed by atoms with E-state index in [0.29, 0.717) is 17.4 Å². The number of anilines is 1. The standard InChI is InChI=1S/C19H19ClN4O2S/c20-15-6-8-16(9-7-15)27(25,26)23-19-17-10-11-24(13-18(17)21-22-19)12-14-4-2-1-3-5-14/h1-9H,10-13H2,(H2,21,22,23). The lowest BCUT2D eigenvalue weighted by molar-refractivity contribution is 0.242. The zero-order chi connectivity index (χ0) is 18.9. The van der Waals surface area contributed by atoms with Crippen LogP contribution in [0.5, 0.6) is 0 Å². The lowest BCUT2D eigenvalue weighted by Gasteiger charge is -2.26. The number of H-pyrrole nitrogens is 1. The fourth-order valence-corrected chi connectivity index (χ4v) is 4.40. The van der Waals surface area contributed by atoms with E-state index >= 15 is 0 Å². The number of sulfonamides is 1. The highest BCUT2D eigenvalue weighted by molar-refractivity contribution is 7.92. The molecule has 0 aliphatic carbocycles. The Labute approximate surface area is 163 Å². The third kappa shape index (κ3) is 4.00. The Morgan fingerprint density at radius 1 is 1.11 bits per heavy atom. The van der Waals surface area contributed by atoms with Crippen molar-refractivity contribution in [2.24, 2.45) is 0 Å². The zero-order valence-electron chi connectivity index (χ0n) is 14.5. The largest absolute Gasteiger partial charge is 0.293 e. The number of hydrogen-bond acceptors (Lipinski definition) is 4. The van der Waals surface area contributed by atoms with Crippen molar-refractivity contribution in [2.45, 2.75) is 24.4 Å². The zero-order valence-corrected chi connectivity index (χ0v) is 16.1. The Kier molecular flexibility index (Phi) is 4.90. The van der Waals surface area contributed by atoms with E-state index in [1.54, 1.807) is 12.1 Å². The smallest absolute Gasteiger partial charge is 0.263 e. The summed E-state index contributed by atoms with van der Waals surface area (Å²) in [5, 5.41) is 7.68. The summed E-state index contributed by atoms with van der Waals surface area (Å²) in [6.07, 6.45) is 0.733. The van der Waals surface area contributed by atoms with Crippen LogP contribution in [0.15, 0.2) is 59.5 Å². The Morgan fingerprint density at radius 3 is 2.59 bits per heavy atom. The maximum Gasteiger partial charge on any atom is 0.263 e. The molecule has 0 unspecified atom stereocenters. The van der Waals surface area contributed by atoms with Gasteiger partial charge in [0.25, 0.3) is 10.0 Å². The molecule has 0 amide bonds. The normalized spacial score (nSPS) is 14.7. The maximum atomic E-state index is 12.6. The van der Waals surface area contributed by atoms with Crippen LogP contribution in [0, 0.1) is 0 Å². The van der Waals surface area contributed by atoms with Crippen molar-refractivity contribution in [3.63, 3.8) is 0 Å². The van der Waals surface area contributed by atoms with Gasteiger partial charge in [-0.15, -0.1) is 0 Å². The highest BCUT2D eigenvalue weighted by atomic mass is 35.5. The van der Waals surface area contributed by atoms with Crippen LogP contribution in [-0.2, 0) is 29.5 Å². The monoisotopic (exact) mass is 402 g/mol. The second-order valence-corrected chi connectivity index (χ2v) is 8.65. The lowest BCUT2D eigenvalue weighted by atomic mass is 10.1. The molecule has 0 saturated carbocycles. The van der Waals surface area contributed by atoms with Crippen molar-refractivity contribution >= 4 is 27.4 Å². The van der Waals surface area contributed by atoms with E-state index in [-0.39, 0.29) is 4.90 Å². The van der Waals surface area contributed by atoms with E-state index in [1.165, 1.54) is 17.7 Å². The molecule has 1 aliphatic heterocycles. The first kappa shape index (κ1) is 18.0. The van der Waals surface area contributed by atoms with Gasteiger partial charge in [-0.05, 0) is 36.2 Å². The van der Waals surface area contributed by atoms with Crippen LogP contribution >= 0.6 is 11.6 Å². The average molecular weight is 403 g/mol. The van der Waals surface area contributed by atoms with Gasteiger partial charge >= 0.3 is 0 Å². The first-order valence-corrected chi connectivity index (χ1v) is 10.5. The van der Waals surface area contributed by atoms with E-state index < -0.39 is 10.0 Å². The second kappa shape index (κ2) is 7.34. The summed E-state index contributed by atoms with van der Waals surface area (Å²) >= 11 is 5.83. The molecule has 0 bridgehead atoms. The molecule has 1 aliphatic rings. The van der Waals surface area contributed by atoms with Gasteiger partial charge in [0.15, 0.2) is 5.82 Å². The van der Waals surface area contributed by atoms with Crippen LogP contribution in [-0.4, -0.2) is 30.1 Å². The fraction of sp³-hybridized carbons (Fsp3) is 0.211. The molecule has 2 aromatic carbocycles. The van der Waals surface area contributed by atoms with Crippen LogP contribution in [0.25, 0.3) is 0 Å². The molecular formula is C19H19ClN4O2S. The summed E-state index contributed by atoms with van der Waals surface area (Å²) in [7, 11) is -3.70. The number of benzene rings is 2. The summed E-state index contributed by atoms with van der Waals surface area (Å²) in [4.78, 5) is 2.47. The number of halogens is 1. The Hall–Kier alpha value is -2.35. The van der Waals surface area contributed by atoms with Crippen LogP contribution in [0.4, 0.5) is 5.82 Å². The number of nitrogens with one attached hydrogen (secondary N) is 2. The molecule has 0 fully saturated rings. The minimum Gasteiger partial charge on any atom is -0.293 e. The SMILES string of the molecule is O=S(=O)(Nc1n[nH]c2c1CCN(Cc1ccccc1)C2)c1ccc(Cl)cc1. The first-order chi connectivity index (χ1) is 13.0. The molecule has 27 heavy (non-hydrogen) atoms. The third-order valence-electron chi connectivity index (χ3n) is 4.62.